The molecule has 1 amide bonds. The highest BCUT2D eigenvalue weighted by Gasteiger charge is 2.39. The molecule has 8 nitrogen and oxygen atoms in total. The molecule has 136 valence electrons. The lowest BCUT2D eigenvalue weighted by Gasteiger charge is -2.43. The Morgan fingerprint density at radius 2 is 2.00 bits per heavy atom. The van der Waals surface area contributed by atoms with Crippen LogP contribution in [-0.2, 0) is 4.79 Å². The van der Waals surface area contributed by atoms with Crippen LogP contribution in [0.25, 0.3) is 0 Å². The molecule has 0 aromatic heterocycles. The van der Waals surface area contributed by atoms with Crippen LogP contribution in [0, 0.1) is 17.8 Å². The molecule has 1 rings (SSSR count). The van der Waals surface area contributed by atoms with Gasteiger partial charge in [0.25, 0.3) is 0 Å². The van der Waals surface area contributed by atoms with E-state index in [0.29, 0.717) is 25.3 Å². The molecule has 0 bridgehead atoms. The number of hydroxylamine groups is 1. The highest BCUT2D eigenvalue weighted by atomic mass is 16.5. The standard InChI is InChI=1S/C15H32N4O4/c1-9(2)8-11(10(3)13(20)18-23)15(22)19-12(14(21)16-4)6-5-7-17-19/h9-13,15,17-18,20,22-23H,5-8H2,1-4H3,(H,16,21)/t10-,11-,12-,13+,15?/m0/s1. The van der Waals surface area contributed by atoms with Crippen molar-refractivity contribution in [3.05, 3.63) is 0 Å². The number of rotatable bonds is 8. The summed E-state index contributed by atoms with van der Waals surface area (Å²) in [4.78, 5) is 12.1. The lowest BCUT2D eigenvalue weighted by atomic mass is 9.83. The molecule has 5 atom stereocenters. The number of carbonyl (C=O) groups is 1. The maximum absolute atomic E-state index is 12.1. The van der Waals surface area contributed by atoms with Crippen molar-refractivity contribution in [2.45, 2.75) is 58.5 Å². The maximum atomic E-state index is 12.1. The molecule has 1 saturated heterocycles. The van der Waals surface area contributed by atoms with Crippen molar-refractivity contribution in [2.24, 2.45) is 17.8 Å². The number of amides is 1. The minimum atomic E-state index is -1.14. The summed E-state index contributed by atoms with van der Waals surface area (Å²) in [6.07, 6.45) is 0.0779. The van der Waals surface area contributed by atoms with Crippen LogP contribution in [-0.4, -0.2) is 58.4 Å². The lowest BCUT2D eigenvalue weighted by molar-refractivity contribution is -0.158. The van der Waals surface area contributed by atoms with Crippen LogP contribution >= 0.6 is 0 Å². The van der Waals surface area contributed by atoms with Gasteiger partial charge in [-0.1, -0.05) is 20.8 Å². The van der Waals surface area contributed by atoms with E-state index in [1.54, 1.807) is 19.0 Å². The van der Waals surface area contributed by atoms with Crippen LogP contribution in [0.3, 0.4) is 0 Å². The largest absolute Gasteiger partial charge is 0.377 e. The number of carbonyl (C=O) groups excluding carboxylic acids is 1. The molecule has 1 fully saturated rings. The number of likely N-dealkylation sites (N-methyl/N-ethyl adjacent to an activating group) is 1. The van der Waals surface area contributed by atoms with Gasteiger partial charge >= 0.3 is 0 Å². The summed E-state index contributed by atoms with van der Waals surface area (Å²) in [6, 6.07) is -0.454. The second kappa shape index (κ2) is 9.51. The van der Waals surface area contributed by atoms with Gasteiger partial charge in [0.05, 0.1) is 0 Å². The number of hydrazine groups is 1. The van der Waals surface area contributed by atoms with E-state index in [2.05, 4.69) is 10.7 Å². The number of aliphatic hydroxyl groups is 2. The first-order chi connectivity index (χ1) is 10.8. The second-order valence-corrected chi connectivity index (χ2v) is 6.73. The topological polar surface area (TPSA) is 117 Å². The van der Waals surface area contributed by atoms with Gasteiger partial charge in [-0.05, 0) is 25.2 Å². The third-order valence-electron chi connectivity index (χ3n) is 4.55. The van der Waals surface area contributed by atoms with Gasteiger partial charge in [-0.2, -0.15) is 5.48 Å². The van der Waals surface area contributed by atoms with Crippen molar-refractivity contribution < 1.29 is 20.2 Å². The fraction of sp³-hybridized carbons (Fsp3) is 0.933. The Hall–Kier alpha value is -0.770. The van der Waals surface area contributed by atoms with Crippen LogP contribution in [0.5, 0.6) is 0 Å². The van der Waals surface area contributed by atoms with Crippen molar-refractivity contribution in [2.75, 3.05) is 13.6 Å². The first kappa shape index (κ1) is 20.3. The molecular formula is C15H32N4O4. The van der Waals surface area contributed by atoms with E-state index in [0.717, 1.165) is 6.42 Å². The maximum Gasteiger partial charge on any atom is 0.238 e. The van der Waals surface area contributed by atoms with Crippen molar-refractivity contribution in [1.29, 1.82) is 0 Å². The summed E-state index contributed by atoms with van der Waals surface area (Å²) in [5.41, 5.74) is 4.96. The molecule has 0 aromatic carbocycles. The predicted octanol–water partition coefficient (Wildman–Crippen LogP) is -0.385. The van der Waals surface area contributed by atoms with E-state index in [1.807, 2.05) is 19.3 Å². The normalized spacial score (nSPS) is 25.0. The molecule has 0 saturated carbocycles. The van der Waals surface area contributed by atoms with E-state index in [1.165, 1.54) is 0 Å². The van der Waals surface area contributed by atoms with Gasteiger partial charge in [-0.25, -0.2) is 5.01 Å². The Bertz CT molecular complexity index is 369. The summed E-state index contributed by atoms with van der Waals surface area (Å²) in [5.74, 6) is -0.562. The Labute approximate surface area is 138 Å². The predicted molar refractivity (Wildman–Crippen MR) is 86.0 cm³/mol. The Morgan fingerprint density at radius 3 is 2.52 bits per heavy atom. The molecule has 1 aliphatic rings. The zero-order chi connectivity index (χ0) is 17.6. The molecule has 0 spiro atoms. The fourth-order valence-electron chi connectivity index (χ4n) is 3.16. The molecule has 6 N–H and O–H groups in total. The van der Waals surface area contributed by atoms with Gasteiger partial charge in [0, 0.05) is 25.4 Å². The summed E-state index contributed by atoms with van der Waals surface area (Å²) < 4.78 is 0. The van der Waals surface area contributed by atoms with Gasteiger partial charge in [0.15, 0.2) is 0 Å². The number of nitrogens with zero attached hydrogens (tertiary/aromatic N) is 1. The van der Waals surface area contributed by atoms with Gasteiger partial charge in [0.2, 0.25) is 5.91 Å². The third kappa shape index (κ3) is 5.37. The minimum Gasteiger partial charge on any atom is -0.377 e. The van der Waals surface area contributed by atoms with E-state index in [4.69, 9.17) is 5.21 Å². The molecule has 0 aliphatic carbocycles. The molecule has 0 aromatic rings. The first-order valence-corrected chi connectivity index (χ1v) is 8.32. The molecule has 1 aliphatic heterocycles. The number of hydrogen-bond donors (Lipinski definition) is 6. The van der Waals surface area contributed by atoms with E-state index in [9.17, 15) is 15.0 Å². The number of hydrogen-bond acceptors (Lipinski definition) is 7. The average Bonchev–Trinajstić information content (AvgIpc) is 2.56. The highest BCUT2D eigenvalue weighted by Crippen LogP contribution is 2.29. The summed E-state index contributed by atoms with van der Waals surface area (Å²) >= 11 is 0. The fourth-order valence-corrected chi connectivity index (χ4v) is 3.16. The van der Waals surface area contributed by atoms with E-state index >= 15 is 0 Å². The average molecular weight is 332 g/mol. The van der Waals surface area contributed by atoms with E-state index in [-0.39, 0.29) is 11.8 Å². The zero-order valence-corrected chi connectivity index (χ0v) is 14.5. The SMILES string of the molecule is CNC(=O)[C@@H]1CCCNN1C(O)[C@@H](CC(C)C)[C@H](C)[C@@H](O)NO. The Balaban J connectivity index is 2.95. The van der Waals surface area contributed by atoms with Gasteiger partial charge in [0.1, 0.15) is 18.5 Å². The van der Waals surface area contributed by atoms with Crippen molar-refractivity contribution in [3.8, 4) is 0 Å². The quantitative estimate of drug-likeness (QED) is 0.265. The molecular weight excluding hydrogens is 300 g/mol. The molecule has 1 heterocycles. The number of aliphatic hydroxyl groups excluding tert-OH is 2. The first-order valence-electron chi connectivity index (χ1n) is 8.32. The van der Waals surface area contributed by atoms with Gasteiger partial charge < -0.3 is 20.7 Å². The zero-order valence-electron chi connectivity index (χ0n) is 14.5. The Kier molecular flexibility index (Phi) is 8.38. The van der Waals surface area contributed by atoms with Crippen molar-refractivity contribution >= 4 is 5.91 Å². The Morgan fingerprint density at radius 1 is 1.35 bits per heavy atom. The van der Waals surface area contributed by atoms with Crippen molar-refractivity contribution in [3.63, 3.8) is 0 Å². The molecule has 0 radical (unpaired) electrons. The molecule has 23 heavy (non-hydrogen) atoms. The number of nitrogens with one attached hydrogen (secondary N) is 3. The van der Waals surface area contributed by atoms with Crippen LogP contribution in [0.2, 0.25) is 0 Å². The summed E-state index contributed by atoms with van der Waals surface area (Å²) in [5, 5.41) is 34.0. The van der Waals surface area contributed by atoms with Crippen LogP contribution in [0.1, 0.15) is 40.0 Å². The second-order valence-electron chi connectivity index (χ2n) is 6.73. The highest BCUT2D eigenvalue weighted by molar-refractivity contribution is 5.81. The van der Waals surface area contributed by atoms with Gasteiger partial charge in [-0.15, -0.1) is 0 Å². The minimum absolute atomic E-state index is 0.145. The van der Waals surface area contributed by atoms with Crippen molar-refractivity contribution in [1.82, 2.24) is 21.2 Å². The molecule has 1 unspecified atom stereocenters. The van der Waals surface area contributed by atoms with Gasteiger partial charge in [-0.3, -0.25) is 10.2 Å². The third-order valence-corrected chi connectivity index (χ3v) is 4.55. The molecule has 8 heteroatoms. The smallest absolute Gasteiger partial charge is 0.238 e. The summed E-state index contributed by atoms with van der Waals surface area (Å²) in [6.45, 7) is 6.52. The van der Waals surface area contributed by atoms with Crippen LogP contribution in [0.4, 0.5) is 0 Å². The lowest BCUT2D eigenvalue weighted by Crippen LogP contribution is -2.62. The van der Waals surface area contributed by atoms with Crippen LogP contribution < -0.4 is 16.2 Å². The summed E-state index contributed by atoms with van der Waals surface area (Å²) in [7, 11) is 1.58. The monoisotopic (exact) mass is 332 g/mol. The van der Waals surface area contributed by atoms with Crippen LogP contribution in [0.15, 0.2) is 0 Å². The van der Waals surface area contributed by atoms with E-state index < -0.39 is 24.4 Å².